The molecule has 4 nitrogen and oxygen atoms in total. The molecule has 1 aromatic heterocycles. The van der Waals surface area contributed by atoms with Gasteiger partial charge in [0.15, 0.2) is 0 Å². The van der Waals surface area contributed by atoms with Crippen LogP contribution in [0.1, 0.15) is 46.4 Å². The fourth-order valence-electron chi connectivity index (χ4n) is 1.46. The Morgan fingerprint density at radius 2 is 2.12 bits per heavy atom. The molecule has 4 heteroatoms. The molecular formula is C12H24N4. The van der Waals surface area contributed by atoms with E-state index in [2.05, 4.69) is 43.1 Å². The Morgan fingerprint density at radius 1 is 1.38 bits per heavy atom. The summed E-state index contributed by atoms with van der Waals surface area (Å²) in [7, 11) is 0. The summed E-state index contributed by atoms with van der Waals surface area (Å²) in [5.41, 5.74) is 0.357. The van der Waals surface area contributed by atoms with E-state index in [0.717, 1.165) is 31.9 Å². The number of aryl methyl sites for hydroxylation is 1. The minimum Gasteiger partial charge on any atom is -0.309 e. The minimum absolute atomic E-state index is 0.357. The zero-order chi connectivity index (χ0) is 12.0. The number of hydrogen-bond acceptors (Lipinski definition) is 3. The Morgan fingerprint density at radius 3 is 2.75 bits per heavy atom. The van der Waals surface area contributed by atoms with Crippen molar-refractivity contribution in [1.29, 1.82) is 0 Å². The van der Waals surface area contributed by atoms with Crippen molar-refractivity contribution in [3.8, 4) is 0 Å². The Labute approximate surface area is 98.5 Å². The van der Waals surface area contributed by atoms with Crippen LogP contribution in [0.5, 0.6) is 0 Å². The third kappa shape index (κ3) is 3.93. The van der Waals surface area contributed by atoms with Gasteiger partial charge >= 0.3 is 0 Å². The van der Waals surface area contributed by atoms with Gasteiger partial charge in [0.1, 0.15) is 12.2 Å². The van der Waals surface area contributed by atoms with Crippen molar-refractivity contribution in [3.63, 3.8) is 0 Å². The maximum Gasteiger partial charge on any atom is 0.140 e. The zero-order valence-electron chi connectivity index (χ0n) is 11.0. The topological polar surface area (TPSA) is 42.7 Å². The van der Waals surface area contributed by atoms with E-state index in [4.69, 9.17) is 0 Å². The molecule has 92 valence electrons. The van der Waals surface area contributed by atoms with E-state index in [1.54, 1.807) is 6.33 Å². The van der Waals surface area contributed by atoms with Crippen LogP contribution in [0, 0.1) is 5.41 Å². The normalized spacial score (nSPS) is 12.0. The van der Waals surface area contributed by atoms with Crippen molar-refractivity contribution < 1.29 is 0 Å². The molecule has 0 saturated carbocycles. The van der Waals surface area contributed by atoms with Crippen LogP contribution < -0.4 is 5.32 Å². The molecule has 0 spiro atoms. The maximum absolute atomic E-state index is 4.27. The van der Waals surface area contributed by atoms with Gasteiger partial charge in [0.05, 0.1) is 6.54 Å². The predicted molar refractivity (Wildman–Crippen MR) is 66.1 cm³/mol. The van der Waals surface area contributed by atoms with Crippen LogP contribution in [-0.2, 0) is 13.1 Å². The standard InChI is InChI=1S/C12H24N4/c1-5-7-16-11(14-10-15-16)8-13-9-12(3,4)6-2/h10,13H,5-9H2,1-4H3. The molecule has 1 heterocycles. The smallest absolute Gasteiger partial charge is 0.140 e. The highest BCUT2D eigenvalue weighted by Crippen LogP contribution is 2.17. The van der Waals surface area contributed by atoms with E-state index in [9.17, 15) is 0 Å². The Bertz CT molecular complexity index is 304. The molecular weight excluding hydrogens is 200 g/mol. The lowest BCUT2D eigenvalue weighted by Crippen LogP contribution is -2.29. The molecule has 0 aliphatic rings. The van der Waals surface area contributed by atoms with Gasteiger partial charge in [-0.2, -0.15) is 5.10 Å². The number of nitrogens with one attached hydrogen (secondary N) is 1. The molecule has 0 aliphatic heterocycles. The van der Waals surface area contributed by atoms with Crippen LogP contribution >= 0.6 is 0 Å². The molecule has 0 amide bonds. The Hall–Kier alpha value is -0.900. The SMILES string of the molecule is CCCn1ncnc1CNCC(C)(C)CC. The van der Waals surface area contributed by atoms with Gasteiger partial charge < -0.3 is 5.32 Å². The Balaban J connectivity index is 2.39. The molecule has 1 N–H and O–H groups in total. The summed E-state index contributed by atoms with van der Waals surface area (Å²) in [6.45, 7) is 11.7. The van der Waals surface area contributed by atoms with Crippen molar-refractivity contribution in [2.75, 3.05) is 6.54 Å². The lowest BCUT2D eigenvalue weighted by Gasteiger charge is -2.22. The van der Waals surface area contributed by atoms with Crippen LogP contribution in [0.25, 0.3) is 0 Å². The number of rotatable bonds is 7. The van der Waals surface area contributed by atoms with Gasteiger partial charge in [0, 0.05) is 13.1 Å². The molecule has 1 rings (SSSR count). The number of hydrogen-bond donors (Lipinski definition) is 1. The molecule has 0 atom stereocenters. The van der Waals surface area contributed by atoms with Crippen molar-refractivity contribution in [1.82, 2.24) is 20.1 Å². The van der Waals surface area contributed by atoms with E-state index in [-0.39, 0.29) is 0 Å². The second-order valence-electron chi connectivity index (χ2n) is 5.02. The molecule has 0 aromatic carbocycles. The summed E-state index contributed by atoms with van der Waals surface area (Å²) in [6, 6.07) is 0. The monoisotopic (exact) mass is 224 g/mol. The fourth-order valence-corrected chi connectivity index (χ4v) is 1.46. The van der Waals surface area contributed by atoms with Crippen molar-refractivity contribution >= 4 is 0 Å². The van der Waals surface area contributed by atoms with Crippen LogP contribution in [0.15, 0.2) is 6.33 Å². The van der Waals surface area contributed by atoms with Gasteiger partial charge in [-0.05, 0) is 18.3 Å². The fraction of sp³-hybridized carbons (Fsp3) is 0.833. The van der Waals surface area contributed by atoms with Crippen LogP contribution in [0.4, 0.5) is 0 Å². The van der Waals surface area contributed by atoms with Gasteiger partial charge in [0.2, 0.25) is 0 Å². The molecule has 0 saturated heterocycles. The number of aromatic nitrogens is 3. The summed E-state index contributed by atoms with van der Waals surface area (Å²) in [4.78, 5) is 4.27. The Kier molecular flexibility index (Phi) is 4.93. The van der Waals surface area contributed by atoms with Gasteiger partial charge in [-0.15, -0.1) is 0 Å². The van der Waals surface area contributed by atoms with E-state index < -0.39 is 0 Å². The largest absolute Gasteiger partial charge is 0.309 e. The van der Waals surface area contributed by atoms with E-state index in [1.165, 1.54) is 6.42 Å². The van der Waals surface area contributed by atoms with Crippen LogP contribution in [0.3, 0.4) is 0 Å². The van der Waals surface area contributed by atoms with Crippen LogP contribution in [0.2, 0.25) is 0 Å². The summed E-state index contributed by atoms with van der Waals surface area (Å²) >= 11 is 0. The number of nitrogens with zero attached hydrogens (tertiary/aromatic N) is 3. The summed E-state index contributed by atoms with van der Waals surface area (Å²) in [5.74, 6) is 1.04. The van der Waals surface area contributed by atoms with Crippen molar-refractivity contribution in [3.05, 3.63) is 12.2 Å². The predicted octanol–water partition coefficient (Wildman–Crippen LogP) is 2.21. The van der Waals surface area contributed by atoms with Crippen LogP contribution in [-0.4, -0.2) is 21.3 Å². The van der Waals surface area contributed by atoms with E-state index >= 15 is 0 Å². The van der Waals surface area contributed by atoms with Gasteiger partial charge in [-0.3, -0.25) is 0 Å². The lowest BCUT2D eigenvalue weighted by molar-refractivity contribution is 0.324. The average molecular weight is 224 g/mol. The van der Waals surface area contributed by atoms with Gasteiger partial charge in [-0.25, -0.2) is 9.67 Å². The summed E-state index contributed by atoms with van der Waals surface area (Å²) in [6.07, 6.45) is 3.91. The van der Waals surface area contributed by atoms with Gasteiger partial charge in [0.25, 0.3) is 0 Å². The molecule has 0 unspecified atom stereocenters. The summed E-state index contributed by atoms with van der Waals surface area (Å²) < 4.78 is 1.98. The lowest BCUT2D eigenvalue weighted by atomic mass is 9.90. The first kappa shape index (κ1) is 13.2. The minimum atomic E-state index is 0.357. The second-order valence-corrected chi connectivity index (χ2v) is 5.02. The third-order valence-electron chi connectivity index (χ3n) is 2.97. The molecule has 0 aliphatic carbocycles. The summed E-state index contributed by atoms with van der Waals surface area (Å²) in [5, 5.41) is 7.66. The third-order valence-corrected chi connectivity index (χ3v) is 2.97. The first-order valence-electron chi connectivity index (χ1n) is 6.16. The highest BCUT2D eigenvalue weighted by molar-refractivity contribution is 4.84. The molecule has 0 fully saturated rings. The average Bonchev–Trinajstić information content (AvgIpc) is 2.66. The maximum atomic E-state index is 4.27. The first-order chi connectivity index (χ1) is 7.59. The molecule has 0 radical (unpaired) electrons. The first-order valence-corrected chi connectivity index (χ1v) is 6.16. The second kappa shape index (κ2) is 5.99. The van der Waals surface area contributed by atoms with Crippen molar-refractivity contribution in [2.45, 2.75) is 53.6 Å². The van der Waals surface area contributed by atoms with E-state index in [1.807, 2.05) is 4.68 Å². The molecule has 1 aromatic rings. The highest BCUT2D eigenvalue weighted by atomic mass is 15.3. The highest BCUT2D eigenvalue weighted by Gasteiger charge is 2.14. The van der Waals surface area contributed by atoms with Crippen molar-refractivity contribution in [2.24, 2.45) is 5.41 Å². The van der Waals surface area contributed by atoms with E-state index in [0.29, 0.717) is 5.41 Å². The molecule has 0 bridgehead atoms. The van der Waals surface area contributed by atoms with Gasteiger partial charge in [-0.1, -0.05) is 27.7 Å². The zero-order valence-corrected chi connectivity index (χ0v) is 11.0. The molecule has 16 heavy (non-hydrogen) atoms. The quantitative estimate of drug-likeness (QED) is 0.772.